The zero-order chi connectivity index (χ0) is 8.22. The predicted molar refractivity (Wildman–Crippen MR) is 45.1 cm³/mol. The van der Waals surface area contributed by atoms with Gasteiger partial charge in [-0.2, -0.15) is 0 Å². The van der Waals surface area contributed by atoms with E-state index in [2.05, 4.69) is 26.8 Å². The Balaban J connectivity index is 2.30. The molecule has 0 aromatic rings. The van der Waals surface area contributed by atoms with Crippen molar-refractivity contribution in [2.75, 3.05) is 0 Å². The van der Waals surface area contributed by atoms with Gasteiger partial charge in [-0.1, -0.05) is 25.5 Å². The van der Waals surface area contributed by atoms with E-state index in [-0.39, 0.29) is 6.10 Å². The number of rotatable bonds is 0. The molecule has 0 aromatic heterocycles. The van der Waals surface area contributed by atoms with Crippen molar-refractivity contribution in [2.45, 2.75) is 33.3 Å². The lowest BCUT2D eigenvalue weighted by Crippen LogP contribution is -2.58. The quantitative estimate of drug-likeness (QED) is 0.526. The Morgan fingerprint density at radius 3 is 2.45 bits per heavy atom. The average molecular weight is 152 g/mol. The monoisotopic (exact) mass is 152 g/mol. The molecule has 1 nitrogen and oxygen atoms in total. The first-order valence-electron chi connectivity index (χ1n) is 4.39. The zero-order valence-electron chi connectivity index (χ0n) is 7.46. The van der Waals surface area contributed by atoms with Gasteiger partial charge in [-0.25, -0.2) is 0 Å². The van der Waals surface area contributed by atoms with Gasteiger partial charge in [-0.05, 0) is 24.7 Å². The Labute approximate surface area is 68.1 Å². The van der Waals surface area contributed by atoms with Gasteiger partial charge in [0, 0.05) is 5.92 Å². The van der Waals surface area contributed by atoms with E-state index >= 15 is 0 Å². The van der Waals surface area contributed by atoms with Crippen LogP contribution in [0.2, 0.25) is 0 Å². The maximum absolute atomic E-state index is 9.64. The number of hydrogen-bond donors (Lipinski definition) is 1. The highest BCUT2D eigenvalue weighted by molar-refractivity contribution is 5.23. The van der Waals surface area contributed by atoms with Crippen LogP contribution >= 0.6 is 0 Å². The Hall–Kier alpha value is -0.300. The second-order valence-electron chi connectivity index (χ2n) is 4.66. The van der Waals surface area contributed by atoms with Crippen molar-refractivity contribution in [2.24, 2.45) is 17.3 Å². The summed E-state index contributed by atoms with van der Waals surface area (Å²) < 4.78 is 0. The second kappa shape index (κ2) is 1.89. The number of hydrogen-bond acceptors (Lipinski definition) is 1. The van der Waals surface area contributed by atoms with Gasteiger partial charge in [0.1, 0.15) is 0 Å². The van der Waals surface area contributed by atoms with E-state index in [1.165, 1.54) is 5.57 Å². The van der Waals surface area contributed by atoms with E-state index in [1.807, 2.05) is 0 Å². The largest absolute Gasteiger partial charge is 0.392 e. The Bertz CT molecular complexity index is 215. The minimum atomic E-state index is -0.0475. The van der Waals surface area contributed by atoms with Crippen LogP contribution in [0.3, 0.4) is 0 Å². The molecule has 1 N–H and O–H groups in total. The van der Waals surface area contributed by atoms with Crippen LogP contribution in [0.15, 0.2) is 11.6 Å². The van der Waals surface area contributed by atoms with Gasteiger partial charge in [-0.15, -0.1) is 0 Å². The summed E-state index contributed by atoms with van der Waals surface area (Å²) in [7, 11) is 0. The van der Waals surface area contributed by atoms with Crippen molar-refractivity contribution in [1.82, 2.24) is 0 Å². The molecule has 0 saturated heterocycles. The standard InChI is InChI=1S/C10H16O/c1-6-4-7-9(11)8(5-6)10(7,2)3/h4,7-9,11H,5H2,1-3H3. The molecule has 0 amide bonds. The first kappa shape index (κ1) is 7.35. The van der Waals surface area contributed by atoms with E-state index in [0.717, 1.165) is 6.42 Å². The molecule has 2 bridgehead atoms. The molecule has 3 aliphatic carbocycles. The fourth-order valence-corrected chi connectivity index (χ4v) is 2.68. The van der Waals surface area contributed by atoms with E-state index in [9.17, 15) is 5.11 Å². The molecule has 0 spiro atoms. The smallest absolute Gasteiger partial charge is 0.0644 e. The summed E-state index contributed by atoms with van der Waals surface area (Å²) in [4.78, 5) is 0. The number of aliphatic hydroxyl groups excluding tert-OH is 1. The van der Waals surface area contributed by atoms with Crippen LogP contribution in [-0.4, -0.2) is 11.2 Å². The van der Waals surface area contributed by atoms with Gasteiger partial charge < -0.3 is 5.11 Å². The van der Waals surface area contributed by atoms with Crippen LogP contribution in [-0.2, 0) is 0 Å². The Morgan fingerprint density at radius 2 is 2.18 bits per heavy atom. The first-order valence-corrected chi connectivity index (χ1v) is 4.39. The summed E-state index contributed by atoms with van der Waals surface area (Å²) in [6.45, 7) is 6.69. The number of aliphatic hydroxyl groups is 1. The molecule has 3 aliphatic rings. The molecule has 0 heterocycles. The van der Waals surface area contributed by atoms with Crippen LogP contribution in [0.1, 0.15) is 27.2 Å². The summed E-state index contributed by atoms with van der Waals surface area (Å²) in [6, 6.07) is 0. The minimum Gasteiger partial charge on any atom is -0.392 e. The molecule has 0 aliphatic heterocycles. The van der Waals surface area contributed by atoms with Crippen molar-refractivity contribution in [3.63, 3.8) is 0 Å². The molecule has 1 heteroatoms. The number of fused-ring (bicyclic) bond motifs is 1. The van der Waals surface area contributed by atoms with E-state index < -0.39 is 0 Å². The Kier molecular flexibility index (Phi) is 1.26. The minimum absolute atomic E-state index is 0.0475. The third-order valence-electron chi connectivity index (χ3n) is 3.60. The van der Waals surface area contributed by atoms with Crippen molar-refractivity contribution in [1.29, 1.82) is 0 Å². The fraction of sp³-hybridized carbons (Fsp3) is 0.800. The molecule has 3 unspecified atom stereocenters. The highest BCUT2D eigenvalue weighted by atomic mass is 16.3. The summed E-state index contributed by atoms with van der Waals surface area (Å²) in [6.07, 6.45) is 3.31. The molecule has 1 fully saturated rings. The molecule has 0 radical (unpaired) electrons. The molecule has 3 atom stereocenters. The van der Waals surface area contributed by atoms with Crippen molar-refractivity contribution in [3.8, 4) is 0 Å². The molecule has 3 rings (SSSR count). The Morgan fingerprint density at radius 1 is 1.55 bits per heavy atom. The van der Waals surface area contributed by atoms with Crippen LogP contribution in [0.5, 0.6) is 0 Å². The average Bonchev–Trinajstić information content (AvgIpc) is 1.93. The van der Waals surface area contributed by atoms with Crippen molar-refractivity contribution >= 4 is 0 Å². The van der Waals surface area contributed by atoms with E-state index in [1.54, 1.807) is 0 Å². The van der Waals surface area contributed by atoms with Gasteiger partial charge in [-0.3, -0.25) is 0 Å². The highest BCUT2D eigenvalue weighted by Crippen LogP contribution is 2.57. The third kappa shape index (κ3) is 0.750. The molecule has 62 valence electrons. The summed E-state index contributed by atoms with van der Waals surface area (Å²) in [5.74, 6) is 0.957. The third-order valence-corrected chi connectivity index (χ3v) is 3.60. The van der Waals surface area contributed by atoms with E-state index in [4.69, 9.17) is 0 Å². The van der Waals surface area contributed by atoms with Gasteiger partial charge in [0.25, 0.3) is 0 Å². The molecule has 0 aromatic carbocycles. The highest BCUT2D eigenvalue weighted by Gasteiger charge is 2.56. The van der Waals surface area contributed by atoms with Crippen molar-refractivity contribution in [3.05, 3.63) is 11.6 Å². The van der Waals surface area contributed by atoms with Crippen LogP contribution < -0.4 is 0 Å². The van der Waals surface area contributed by atoms with Gasteiger partial charge >= 0.3 is 0 Å². The number of allylic oxidation sites excluding steroid dienone is 1. The lowest BCUT2D eigenvalue weighted by Gasteiger charge is -2.58. The van der Waals surface area contributed by atoms with E-state index in [0.29, 0.717) is 17.3 Å². The zero-order valence-corrected chi connectivity index (χ0v) is 7.46. The lowest BCUT2D eigenvalue weighted by atomic mass is 9.48. The summed E-state index contributed by atoms with van der Waals surface area (Å²) in [5, 5.41) is 9.64. The molecule has 11 heavy (non-hydrogen) atoms. The first-order chi connectivity index (χ1) is 5.03. The molecule has 1 saturated carbocycles. The topological polar surface area (TPSA) is 20.2 Å². The predicted octanol–water partition coefficient (Wildman–Crippen LogP) is 1.97. The van der Waals surface area contributed by atoms with Gasteiger partial charge in [0.05, 0.1) is 6.10 Å². The van der Waals surface area contributed by atoms with Crippen LogP contribution in [0, 0.1) is 17.3 Å². The van der Waals surface area contributed by atoms with Gasteiger partial charge in [0.2, 0.25) is 0 Å². The second-order valence-corrected chi connectivity index (χ2v) is 4.66. The van der Waals surface area contributed by atoms with Gasteiger partial charge in [0.15, 0.2) is 0 Å². The molecular weight excluding hydrogens is 136 g/mol. The van der Waals surface area contributed by atoms with Crippen molar-refractivity contribution < 1.29 is 5.11 Å². The fourth-order valence-electron chi connectivity index (χ4n) is 2.68. The maximum atomic E-state index is 9.64. The summed E-state index contributed by atoms with van der Waals surface area (Å²) in [5.41, 5.74) is 1.82. The maximum Gasteiger partial charge on any atom is 0.0644 e. The molecular formula is C10H16O. The van der Waals surface area contributed by atoms with Crippen LogP contribution in [0.4, 0.5) is 0 Å². The normalized spacial score (nSPS) is 46.2. The van der Waals surface area contributed by atoms with Crippen LogP contribution in [0.25, 0.3) is 0 Å². The SMILES string of the molecule is CC1=CC2C(O)C(C1)C2(C)C. The summed E-state index contributed by atoms with van der Waals surface area (Å²) >= 11 is 0. The lowest BCUT2D eigenvalue weighted by molar-refractivity contribution is -0.141.